The lowest BCUT2D eigenvalue weighted by Crippen LogP contribution is -2.25. The third-order valence-corrected chi connectivity index (χ3v) is 1.57. The first kappa shape index (κ1) is 11.3. The van der Waals surface area contributed by atoms with Crippen LogP contribution in [-0.2, 0) is 9.59 Å². The highest BCUT2D eigenvalue weighted by Crippen LogP contribution is 1.93. The summed E-state index contributed by atoms with van der Waals surface area (Å²) in [5, 5.41) is 10.9. The number of carbonyl (C=O) groups excluding carboxylic acids is 1. The van der Waals surface area contributed by atoms with Crippen molar-refractivity contribution in [2.45, 2.75) is 19.3 Å². The molecule has 0 aliphatic carbocycles. The monoisotopic (exact) mass is 191 g/mol. The summed E-state index contributed by atoms with van der Waals surface area (Å²) >= 11 is 3.77. The molecule has 5 heteroatoms. The fourth-order valence-electron chi connectivity index (χ4n) is 0.685. The van der Waals surface area contributed by atoms with Crippen LogP contribution in [0.5, 0.6) is 0 Å². The van der Waals surface area contributed by atoms with Crippen LogP contribution < -0.4 is 5.32 Å². The van der Waals surface area contributed by atoms with Crippen LogP contribution >= 0.6 is 12.6 Å². The Balaban J connectivity index is 3.11. The molecule has 0 aliphatic heterocycles. The van der Waals surface area contributed by atoms with Gasteiger partial charge in [-0.2, -0.15) is 12.6 Å². The summed E-state index contributed by atoms with van der Waals surface area (Å²) in [5.74, 6) is -0.733. The first-order valence-corrected chi connectivity index (χ1v) is 4.39. The lowest BCUT2D eigenvalue weighted by molar-refractivity contribution is -0.137. The third-order valence-electron chi connectivity index (χ3n) is 1.28. The zero-order valence-electron chi connectivity index (χ0n) is 6.75. The van der Waals surface area contributed by atoms with Crippen LogP contribution in [0.15, 0.2) is 0 Å². The molecule has 0 aromatic carbocycles. The molecule has 0 heterocycles. The van der Waals surface area contributed by atoms with Crippen LogP contribution in [0.25, 0.3) is 0 Å². The third kappa shape index (κ3) is 7.40. The molecule has 0 aromatic rings. The molecule has 0 spiro atoms. The van der Waals surface area contributed by atoms with E-state index in [-0.39, 0.29) is 18.1 Å². The summed E-state index contributed by atoms with van der Waals surface area (Å²) in [6.45, 7) is 0.534. The van der Waals surface area contributed by atoms with Gasteiger partial charge in [-0.15, -0.1) is 0 Å². The lowest BCUT2D eigenvalue weighted by Gasteiger charge is -2.00. The van der Waals surface area contributed by atoms with Crippen molar-refractivity contribution in [3.63, 3.8) is 0 Å². The minimum absolute atomic E-state index is 0.117. The van der Waals surface area contributed by atoms with Gasteiger partial charge < -0.3 is 10.4 Å². The van der Waals surface area contributed by atoms with Gasteiger partial charge in [0.05, 0.1) is 5.75 Å². The zero-order valence-corrected chi connectivity index (χ0v) is 7.64. The Morgan fingerprint density at radius 1 is 1.33 bits per heavy atom. The van der Waals surface area contributed by atoms with Crippen LogP contribution in [0.2, 0.25) is 0 Å². The van der Waals surface area contributed by atoms with Crippen molar-refractivity contribution in [1.82, 2.24) is 5.32 Å². The van der Waals surface area contributed by atoms with E-state index < -0.39 is 5.97 Å². The molecule has 70 valence electrons. The van der Waals surface area contributed by atoms with Gasteiger partial charge in [-0.3, -0.25) is 9.59 Å². The largest absolute Gasteiger partial charge is 0.481 e. The smallest absolute Gasteiger partial charge is 0.303 e. The highest BCUT2D eigenvalue weighted by Gasteiger charge is 1.98. The van der Waals surface area contributed by atoms with Crippen molar-refractivity contribution >= 4 is 24.5 Å². The van der Waals surface area contributed by atoms with Crippen LogP contribution in [0.1, 0.15) is 19.3 Å². The molecule has 0 bridgehead atoms. The summed E-state index contributed by atoms with van der Waals surface area (Å²) in [4.78, 5) is 20.7. The molecule has 12 heavy (non-hydrogen) atoms. The summed E-state index contributed by atoms with van der Waals surface area (Å²) in [7, 11) is 0. The number of unbranched alkanes of at least 4 members (excludes halogenated alkanes) is 1. The van der Waals surface area contributed by atoms with E-state index in [2.05, 4.69) is 17.9 Å². The Morgan fingerprint density at radius 2 is 2.00 bits per heavy atom. The number of thiol groups is 1. The van der Waals surface area contributed by atoms with Gasteiger partial charge in [0.1, 0.15) is 0 Å². The van der Waals surface area contributed by atoms with E-state index in [4.69, 9.17) is 5.11 Å². The predicted molar refractivity (Wildman–Crippen MR) is 48.3 cm³/mol. The Bertz CT molecular complexity index is 161. The second-order valence-electron chi connectivity index (χ2n) is 2.36. The molecular formula is C7H13NO3S. The summed E-state index contributed by atoms with van der Waals surface area (Å²) in [6, 6.07) is 0. The van der Waals surface area contributed by atoms with Gasteiger partial charge >= 0.3 is 5.97 Å². The maximum atomic E-state index is 10.6. The molecule has 0 atom stereocenters. The van der Waals surface area contributed by atoms with Crippen LogP contribution in [0, 0.1) is 0 Å². The average Bonchev–Trinajstić information content (AvgIpc) is 2.03. The molecule has 0 rings (SSSR count). The zero-order chi connectivity index (χ0) is 9.40. The number of carboxylic acid groups (broad SMARTS) is 1. The van der Waals surface area contributed by atoms with Crippen molar-refractivity contribution < 1.29 is 14.7 Å². The van der Waals surface area contributed by atoms with Crippen molar-refractivity contribution in [1.29, 1.82) is 0 Å². The number of carboxylic acids is 1. The van der Waals surface area contributed by atoms with Crippen LogP contribution in [-0.4, -0.2) is 29.3 Å². The van der Waals surface area contributed by atoms with Gasteiger partial charge in [-0.25, -0.2) is 0 Å². The Hall–Kier alpha value is -0.710. The topological polar surface area (TPSA) is 66.4 Å². The molecule has 0 aliphatic rings. The summed E-state index contributed by atoms with van der Waals surface area (Å²) in [6.07, 6.45) is 1.46. The van der Waals surface area contributed by atoms with E-state index in [1.54, 1.807) is 0 Å². The lowest BCUT2D eigenvalue weighted by atomic mass is 10.2. The number of amides is 1. The van der Waals surface area contributed by atoms with E-state index in [1.165, 1.54) is 0 Å². The predicted octanol–water partition coefficient (Wildman–Crippen LogP) is 0.287. The normalized spacial score (nSPS) is 9.42. The first-order chi connectivity index (χ1) is 5.66. The maximum Gasteiger partial charge on any atom is 0.303 e. The minimum atomic E-state index is -0.796. The van der Waals surface area contributed by atoms with E-state index in [9.17, 15) is 9.59 Å². The number of aliphatic carboxylic acids is 1. The standard InChI is InChI=1S/C7H13NO3S/c9-6(5-12)8-4-2-1-3-7(10)11/h12H,1-5H2,(H,8,9)(H,10,11). The first-order valence-electron chi connectivity index (χ1n) is 3.76. The fraction of sp³-hybridized carbons (Fsp3) is 0.714. The highest BCUT2D eigenvalue weighted by molar-refractivity contribution is 7.81. The van der Waals surface area contributed by atoms with Gasteiger partial charge in [0.2, 0.25) is 5.91 Å². The van der Waals surface area contributed by atoms with Gasteiger partial charge in [-0.05, 0) is 12.8 Å². The number of hydrogen-bond acceptors (Lipinski definition) is 3. The molecule has 0 saturated carbocycles. The molecular weight excluding hydrogens is 178 g/mol. The molecule has 0 unspecified atom stereocenters. The molecule has 0 aromatic heterocycles. The van der Waals surface area contributed by atoms with E-state index in [0.29, 0.717) is 19.4 Å². The molecule has 4 nitrogen and oxygen atoms in total. The van der Waals surface area contributed by atoms with Gasteiger partial charge in [0.15, 0.2) is 0 Å². The number of rotatable bonds is 6. The summed E-state index contributed by atoms with van der Waals surface area (Å²) in [5.41, 5.74) is 0. The van der Waals surface area contributed by atoms with Crippen molar-refractivity contribution in [3.05, 3.63) is 0 Å². The Labute approximate surface area is 76.8 Å². The second kappa shape index (κ2) is 6.97. The van der Waals surface area contributed by atoms with E-state index in [1.807, 2.05) is 0 Å². The van der Waals surface area contributed by atoms with Crippen LogP contribution in [0.4, 0.5) is 0 Å². The van der Waals surface area contributed by atoms with Gasteiger partial charge in [-0.1, -0.05) is 0 Å². The molecule has 0 radical (unpaired) electrons. The fourth-order valence-corrected chi connectivity index (χ4v) is 0.797. The van der Waals surface area contributed by atoms with E-state index >= 15 is 0 Å². The maximum absolute atomic E-state index is 10.6. The Morgan fingerprint density at radius 3 is 2.50 bits per heavy atom. The van der Waals surface area contributed by atoms with Gasteiger partial charge in [0, 0.05) is 13.0 Å². The summed E-state index contributed by atoms with van der Waals surface area (Å²) < 4.78 is 0. The van der Waals surface area contributed by atoms with E-state index in [0.717, 1.165) is 0 Å². The molecule has 1 amide bonds. The SMILES string of the molecule is O=C(O)CCCCNC(=O)CS. The average molecular weight is 191 g/mol. The second-order valence-corrected chi connectivity index (χ2v) is 2.68. The molecule has 0 saturated heterocycles. The quantitative estimate of drug-likeness (QED) is 0.417. The number of carbonyl (C=O) groups is 2. The highest BCUT2D eigenvalue weighted by atomic mass is 32.1. The van der Waals surface area contributed by atoms with Gasteiger partial charge in [0.25, 0.3) is 0 Å². The van der Waals surface area contributed by atoms with Crippen molar-refractivity contribution in [2.24, 2.45) is 0 Å². The van der Waals surface area contributed by atoms with Crippen LogP contribution in [0.3, 0.4) is 0 Å². The molecule has 0 fully saturated rings. The van der Waals surface area contributed by atoms with Crippen molar-refractivity contribution in [3.8, 4) is 0 Å². The number of nitrogens with one attached hydrogen (secondary N) is 1. The Kier molecular flexibility index (Phi) is 6.55. The molecule has 2 N–H and O–H groups in total. The minimum Gasteiger partial charge on any atom is -0.481 e. The van der Waals surface area contributed by atoms with Crippen molar-refractivity contribution in [2.75, 3.05) is 12.3 Å². The number of hydrogen-bond donors (Lipinski definition) is 3.